The lowest BCUT2D eigenvalue weighted by atomic mass is 10.1. The van der Waals surface area contributed by atoms with Crippen molar-refractivity contribution >= 4 is 21.5 Å². The Morgan fingerprint density at radius 1 is 1.14 bits per heavy atom. The SMILES string of the molecule is CCS(=O)(=O)Nc1ccc(NC(C)c2ccccc2)nc1. The molecule has 5 nitrogen and oxygen atoms in total. The van der Waals surface area contributed by atoms with Gasteiger partial charge in [-0.3, -0.25) is 4.72 Å². The molecule has 0 aliphatic heterocycles. The van der Waals surface area contributed by atoms with Gasteiger partial charge in [0.25, 0.3) is 0 Å². The molecule has 0 aliphatic rings. The molecule has 0 aliphatic carbocycles. The number of hydrogen-bond acceptors (Lipinski definition) is 4. The number of nitrogens with one attached hydrogen (secondary N) is 2. The van der Waals surface area contributed by atoms with Crippen molar-refractivity contribution in [3.8, 4) is 0 Å². The Morgan fingerprint density at radius 2 is 1.86 bits per heavy atom. The number of benzene rings is 1. The molecule has 0 saturated heterocycles. The average Bonchev–Trinajstić information content (AvgIpc) is 2.50. The summed E-state index contributed by atoms with van der Waals surface area (Å²) in [6.07, 6.45) is 1.51. The Morgan fingerprint density at radius 3 is 2.43 bits per heavy atom. The number of aromatic nitrogens is 1. The highest BCUT2D eigenvalue weighted by Crippen LogP contribution is 2.18. The molecule has 1 heterocycles. The topological polar surface area (TPSA) is 71.1 Å². The van der Waals surface area contributed by atoms with Gasteiger partial charge in [-0.25, -0.2) is 13.4 Å². The van der Waals surface area contributed by atoms with Gasteiger partial charge in [0.2, 0.25) is 10.0 Å². The molecule has 0 fully saturated rings. The van der Waals surface area contributed by atoms with Gasteiger partial charge in [-0.05, 0) is 31.5 Å². The van der Waals surface area contributed by atoms with Gasteiger partial charge in [0.1, 0.15) is 5.82 Å². The van der Waals surface area contributed by atoms with Crippen LogP contribution >= 0.6 is 0 Å². The van der Waals surface area contributed by atoms with Crippen LogP contribution in [0.3, 0.4) is 0 Å². The van der Waals surface area contributed by atoms with E-state index >= 15 is 0 Å². The maximum atomic E-state index is 11.5. The van der Waals surface area contributed by atoms with Gasteiger partial charge >= 0.3 is 0 Å². The van der Waals surface area contributed by atoms with Crippen LogP contribution in [0.15, 0.2) is 48.7 Å². The van der Waals surface area contributed by atoms with Crippen molar-refractivity contribution in [2.75, 3.05) is 15.8 Å². The Labute approximate surface area is 125 Å². The molecule has 0 radical (unpaired) electrons. The highest BCUT2D eigenvalue weighted by atomic mass is 32.2. The molecule has 21 heavy (non-hydrogen) atoms. The predicted molar refractivity (Wildman–Crippen MR) is 85.8 cm³/mol. The van der Waals surface area contributed by atoms with Crippen molar-refractivity contribution in [2.24, 2.45) is 0 Å². The van der Waals surface area contributed by atoms with Gasteiger partial charge in [-0.2, -0.15) is 0 Å². The summed E-state index contributed by atoms with van der Waals surface area (Å²) in [4.78, 5) is 4.22. The monoisotopic (exact) mass is 305 g/mol. The molecule has 2 N–H and O–H groups in total. The molecule has 1 unspecified atom stereocenters. The number of hydrogen-bond donors (Lipinski definition) is 2. The first-order valence-electron chi connectivity index (χ1n) is 6.78. The first-order chi connectivity index (χ1) is 10.00. The lowest BCUT2D eigenvalue weighted by molar-refractivity contribution is 0.602. The molecule has 2 aromatic rings. The van der Waals surface area contributed by atoms with Gasteiger partial charge in [0.15, 0.2) is 0 Å². The second-order valence-corrected chi connectivity index (χ2v) is 6.73. The van der Waals surface area contributed by atoms with E-state index in [-0.39, 0.29) is 11.8 Å². The zero-order valence-corrected chi connectivity index (χ0v) is 12.9. The van der Waals surface area contributed by atoms with Gasteiger partial charge in [0, 0.05) is 6.04 Å². The van der Waals surface area contributed by atoms with Crippen LogP contribution in [0.5, 0.6) is 0 Å². The van der Waals surface area contributed by atoms with Gasteiger partial charge in [-0.1, -0.05) is 30.3 Å². The van der Waals surface area contributed by atoms with Crippen molar-refractivity contribution in [2.45, 2.75) is 19.9 Å². The van der Waals surface area contributed by atoms with Crippen LogP contribution in [-0.2, 0) is 10.0 Å². The summed E-state index contributed by atoms with van der Waals surface area (Å²) < 4.78 is 25.4. The maximum absolute atomic E-state index is 11.5. The summed E-state index contributed by atoms with van der Waals surface area (Å²) in [6, 6.07) is 13.6. The van der Waals surface area contributed by atoms with Crippen molar-refractivity contribution in [3.63, 3.8) is 0 Å². The van der Waals surface area contributed by atoms with Crippen LogP contribution in [0, 0.1) is 0 Å². The Balaban J connectivity index is 2.03. The highest BCUT2D eigenvalue weighted by molar-refractivity contribution is 7.92. The van der Waals surface area contributed by atoms with E-state index in [1.165, 1.54) is 6.20 Å². The number of anilines is 2. The zero-order valence-electron chi connectivity index (χ0n) is 12.1. The molecule has 1 atom stereocenters. The molecule has 2 rings (SSSR count). The Hall–Kier alpha value is -2.08. The highest BCUT2D eigenvalue weighted by Gasteiger charge is 2.08. The third-order valence-electron chi connectivity index (χ3n) is 3.08. The quantitative estimate of drug-likeness (QED) is 0.860. The van der Waals surface area contributed by atoms with Gasteiger partial charge in [-0.15, -0.1) is 0 Å². The number of pyridine rings is 1. The molecule has 0 spiro atoms. The van der Waals surface area contributed by atoms with Gasteiger partial charge < -0.3 is 5.32 Å². The number of rotatable bonds is 6. The van der Waals surface area contributed by atoms with E-state index in [0.29, 0.717) is 11.5 Å². The maximum Gasteiger partial charge on any atom is 0.232 e. The number of sulfonamides is 1. The molecular formula is C15H19N3O2S. The zero-order chi connectivity index (χ0) is 15.3. The first kappa shape index (κ1) is 15.3. The smallest absolute Gasteiger partial charge is 0.232 e. The molecule has 1 aromatic carbocycles. The molecule has 1 aromatic heterocycles. The third-order valence-corrected chi connectivity index (χ3v) is 4.39. The van der Waals surface area contributed by atoms with Crippen LogP contribution in [0.4, 0.5) is 11.5 Å². The second-order valence-electron chi connectivity index (χ2n) is 4.71. The summed E-state index contributed by atoms with van der Waals surface area (Å²) in [5.74, 6) is 0.740. The Bertz CT molecular complexity index is 670. The molecule has 0 bridgehead atoms. The minimum atomic E-state index is -3.26. The molecule has 6 heteroatoms. The van der Waals surface area contributed by atoms with E-state index in [0.717, 1.165) is 5.56 Å². The van der Waals surface area contributed by atoms with Crippen LogP contribution in [0.2, 0.25) is 0 Å². The van der Waals surface area contributed by atoms with E-state index < -0.39 is 10.0 Å². The van der Waals surface area contributed by atoms with Crippen molar-refractivity contribution < 1.29 is 8.42 Å². The van der Waals surface area contributed by atoms with Crippen LogP contribution in [0.1, 0.15) is 25.5 Å². The normalized spacial score (nSPS) is 12.7. The van der Waals surface area contributed by atoms with Crippen LogP contribution in [0.25, 0.3) is 0 Å². The van der Waals surface area contributed by atoms with Crippen molar-refractivity contribution in [1.29, 1.82) is 0 Å². The number of nitrogens with zero attached hydrogens (tertiary/aromatic N) is 1. The summed E-state index contributed by atoms with van der Waals surface area (Å²) >= 11 is 0. The second kappa shape index (κ2) is 6.58. The minimum absolute atomic E-state index is 0.0397. The van der Waals surface area contributed by atoms with E-state index in [4.69, 9.17) is 0 Å². The van der Waals surface area contributed by atoms with Gasteiger partial charge in [0.05, 0.1) is 17.6 Å². The van der Waals surface area contributed by atoms with Crippen LogP contribution < -0.4 is 10.0 Å². The lowest BCUT2D eigenvalue weighted by Crippen LogP contribution is -2.15. The lowest BCUT2D eigenvalue weighted by Gasteiger charge is -2.15. The predicted octanol–water partition coefficient (Wildman–Crippen LogP) is 3.02. The Kier molecular flexibility index (Phi) is 4.80. The fourth-order valence-corrected chi connectivity index (χ4v) is 2.46. The largest absolute Gasteiger partial charge is 0.364 e. The first-order valence-corrected chi connectivity index (χ1v) is 8.43. The standard InChI is InChI=1S/C15H19N3O2S/c1-3-21(19,20)18-14-9-10-15(16-11-14)17-12(2)13-7-5-4-6-8-13/h4-12,18H,3H2,1-2H3,(H,16,17). The molecule has 112 valence electrons. The van der Waals surface area contributed by atoms with E-state index in [1.807, 2.05) is 37.3 Å². The van der Waals surface area contributed by atoms with E-state index in [2.05, 4.69) is 15.0 Å². The minimum Gasteiger partial charge on any atom is -0.364 e. The van der Waals surface area contributed by atoms with Crippen LogP contribution in [-0.4, -0.2) is 19.2 Å². The van der Waals surface area contributed by atoms with E-state index in [9.17, 15) is 8.42 Å². The molecular weight excluding hydrogens is 286 g/mol. The van der Waals surface area contributed by atoms with Crippen molar-refractivity contribution in [3.05, 3.63) is 54.2 Å². The summed E-state index contributed by atoms with van der Waals surface area (Å²) in [6.45, 7) is 3.64. The third kappa shape index (κ3) is 4.46. The summed E-state index contributed by atoms with van der Waals surface area (Å²) in [7, 11) is -3.26. The molecule has 0 saturated carbocycles. The average molecular weight is 305 g/mol. The van der Waals surface area contributed by atoms with Crippen molar-refractivity contribution in [1.82, 2.24) is 4.98 Å². The summed E-state index contributed by atoms with van der Waals surface area (Å²) in [5, 5.41) is 3.27. The molecule has 0 amide bonds. The van der Waals surface area contributed by atoms with E-state index in [1.54, 1.807) is 19.1 Å². The fraction of sp³-hybridized carbons (Fsp3) is 0.267. The summed E-state index contributed by atoms with van der Waals surface area (Å²) in [5.41, 5.74) is 1.63. The fourth-order valence-electron chi connectivity index (χ4n) is 1.84.